The van der Waals surface area contributed by atoms with Gasteiger partial charge in [0.1, 0.15) is 4.21 Å². The molecule has 0 aromatic carbocycles. The number of carbonyl (C=O) groups is 1. The van der Waals surface area contributed by atoms with Crippen LogP contribution in [0.1, 0.15) is 25.1 Å². The zero-order valence-electron chi connectivity index (χ0n) is 13.3. The molecular formula is C14H25N3O3S2. The van der Waals surface area contributed by atoms with Crippen molar-refractivity contribution >= 4 is 27.3 Å². The molecule has 6 nitrogen and oxygen atoms in total. The number of rotatable bonds is 10. The first-order valence-corrected chi connectivity index (χ1v) is 9.65. The Balaban J connectivity index is 2.45. The van der Waals surface area contributed by atoms with Gasteiger partial charge in [-0.05, 0) is 31.5 Å². The topological polar surface area (TPSA) is 87.3 Å². The van der Waals surface area contributed by atoms with Gasteiger partial charge >= 0.3 is 0 Å². The number of hydrogen-bond donors (Lipinski definition) is 3. The molecule has 3 N–H and O–H groups in total. The van der Waals surface area contributed by atoms with E-state index in [1.807, 2.05) is 13.8 Å². The van der Waals surface area contributed by atoms with Crippen molar-refractivity contribution in [3.05, 3.63) is 17.0 Å². The molecule has 0 spiro atoms. The van der Waals surface area contributed by atoms with Crippen LogP contribution in [0.4, 0.5) is 0 Å². The van der Waals surface area contributed by atoms with Crippen molar-refractivity contribution in [2.24, 2.45) is 5.92 Å². The van der Waals surface area contributed by atoms with Crippen LogP contribution < -0.4 is 15.4 Å². The molecule has 1 rings (SSSR count). The number of carbonyl (C=O) groups excluding carboxylic acids is 1. The van der Waals surface area contributed by atoms with E-state index in [9.17, 15) is 13.2 Å². The Hall–Kier alpha value is -0.960. The van der Waals surface area contributed by atoms with Crippen molar-refractivity contribution in [2.75, 3.05) is 26.7 Å². The summed E-state index contributed by atoms with van der Waals surface area (Å²) < 4.78 is 26.9. The molecule has 0 saturated heterocycles. The standard InChI is InChI=1S/C14H25N3O3S2/c1-11(2)10-13(18)16-7-6-12-4-5-14(21-12)22(19,20)17-9-8-15-3/h4-5,11,15,17H,6-10H2,1-3H3,(H,16,18). The summed E-state index contributed by atoms with van der Waals surface area (Å²) in [7, 11) is -1.66. The van der Waals surface area contributed by atoms with Crippen LogP contribution in [-0.2, 0) is 21.2 Å². The molecule has 8 heteroatoms. The molecule has 22 heavy (non-hydrogen) atoms. The smallest absolute Gasteiger partial charge is 0.250 e. The second kappa shape index (κ2) is 9.24. The molecule has 126 valence electrons. The van der Waals surface area contributed by atoms with Crippen molar-refractivity contribution in [1.29, 1.82) is 0 Å². The fraction of sp³-hybridized carbons (Fsp3) is 0.643. The van der Waals surface area contributed by atoms with Crippen LogP contribution in [-0.4, -0.2) is 41.0 Å². The van der Waals surface area contributed by atoms with Crippen molar-refractivity contribution in [2.45, 2.75) is 30.9 Å². The fourth-order valence-electron chi connectivity index (χ4n) is 1.79. The number of sulfonamides is 1. The van der Waals surface area contributed by atoms with Crippen molar-refractivity contribution in [3.8, 4) is 0 Å². The van der Waals surface area contributed by atoms with Crippen LogP contribution in [0, 0.1) is 5.92 Å². The quantitative estimate of drug-likeness (QED) is 0.550. The molecule has 0 aliphatic heterocycles. The van der Waals surface area contributed by atoms with Gasteiger partial charge in [0.05, 0.1) is 0 Å². The fourth-order valence-corrected chi connectivity index (χ4v) is 4.22. The normalized spacial score (nSPS) is 11.8. The lowest BCUT2D eigenvalue weighted by Gasteiger charge is -2.06. The molecule has 1 heterocycles. The summed E-state index contributed by atoms with van der Waals surface area (Å²) in [6.07, 6.45) is 1.15. The highest BCUT2D eigenvalue weighted by Gasteiger charge is 2.16. The lowest BCUT2D eigenvalue weighted by atomic mass is 10.1. The summed E-state index contributed by atoms with van der Waals surface area (Å²) in [6, 6.07) is 3.41. The minimum atomic E-state index is -3.43. The van der Waals surface area contributed by atoms with Crippen LogP contribution in [0.25, 0.3) is 0 Å². The lowest BCUT2D eigenvalue weighted by Crippen LogP contribution is -2.30. The first kappa shape index (κ1) is 19.1. The van der Waals surface area contributed by atoms with Gasteiger partial charge in [-0.2, -0.15) is 0 Å². The Bertz CT molecular complexity index is 568. The monoisotopic (exact) mass is 347 g/mol. The van der Waals surface area contributed by atoms with E-state index in [0.29, 0.717) is 42.6 Å². The van der Waals surface area contributed by atoms with Crippen LogP contribution in [0.2, 0.25) is 0 Å². The summed E-state index contributed by atoms with van der Waals surface area (Å²) in [6.45, 7) is 5.46. The number of amides is 1. The molecule has 0 fully saturated rings. The molecule has 0 radical (unpaired) electrons. The SMILES string of the molecule is CNCCNS(=O)(=O)c1ccc(CCNC(=O)CC(C)C)s1. The zero-order valence-corrected chi connectivity index (χ0v) is 14.9. The third-order valence-corrected chi connectivity index (χ3v) is 5.95. The minimum absolute atomic E-state index is 0.0353. The highest BCUT2D eigenvalue weighted by molar-refractivity contribution is 7.91. The molecule has 1 amide bonds. The van der Waals surface area contributed by atoms with Gasteiger partial charge < -0.3 is 10.6 Å². The van der Waals surface area contributed by atoms with E-state index in [1.165, 1.54) is 11.3 Å². The summed E-state index contributed by atoms with van der Waals surface area (Å²) in [5.74, 6) is 0.371. The molecule has 0 saturated carbocycles. The molecule has 0 bridgehead atoms. The largest absolute Gasteiger partial charge is 0.356 e. The maximum atomic E-state index is 12.0. The van der Waals surface area contributed by atoms with Crippen LogP contribution >= 0.6 is 11.3 Å². The predicted octanol–water partition coefficient (Wildman–Crippen LogP) is 0.951. The van der Waals surface area contributed by atoms with Crippen LogP contribution in [0.3, 0.4) is 0 Å². The van der Waals surface area contributed by atoms with E-state index < -0.39 is 10.0 Å². The molecule has 0 aliphatic carbocycles. The average Bonchev–Trinajstić information content (AvgIpc) is 2.87. The first-order valence-electron chi connectivity index (χ1n) is 7.35. The van der Waals surface area contributed by atoms with Gasteiger partial charge in [0, 0.05) is 30.9 Å². The predicted molar refractivity (Wildman–Crippen MR) is 89.6 cm³/mol. The summed E-state index contributed by atoms with van der Waals surface area (Å²) >= 11 is 1.24. The third-order valence-electron chi connectivity index (χ3n) is 2.86. The van der Waals surface area contributed by atoms with Gasteiger partial charge in [0.15, 0.2) is 0 Å². The van der Waals surface area contributed by atoms with Crippen molar-refractivity contribution in [3.63, 3.8) is 0 Å². The molecule has 1 aromatic rings. The van der Waals surface area contributed by atoms with Gasteiger partial charge in [0.25, 0.3) is 0 Å². The first-order chi connectivity index (χ1) is 10.3. The minimum Gasteiger partial charge on any atom is -0.356 e. The van der Waals surface area contributed by atoms with E-state index in [2.05, 4.69) is 15.4 Å². The number of nitrogens with one attached hydrogen (secondary N) is 3. The van der Waals surface area contributed by atoms with Gasteiger partial charge in [-0.1, -0.05) is 13.8 Å². The molecule has 0 unspecified atom stereocenters. The average molecular weight is 348 g/mol. The zero-order chi connectivity index (χ0) is 16.6. The second-order valence-electron chi connectivity index (χ2n) is 5.42. The third kappa shape index (κ3) is 6.87. The van der Waals surface area contributed by atoms with Crippen molar-refractivity contribution < 1.29 is 13.2 Å². The maximum absolute atomic E-state index is 12.0. The van der Waals surface area contributed by atoms with E-state index in [-0.39, 0.29) is 5.91 Å². The summed E-state index contributed by atoms with van der Waals surface area (Å²) in [5, 5.41) is 5.73. The highest BCUT2D eigenvalue weighted by atomic mass is 32.2. The number of hydrogen-bond acceptors (Lipinski definition) is 5. The Morgan fingerprint density at radius 3 is 2.59 bits per heavy atom. The Morgan fingerprint density at radius 2 is 1.95 bits per heavy atom. The van der Waals surface area contributed by atoms with Crippen molar-refractivity contribution in [1.82, 2.24) is 15.4 Å². The summed E-state index contributed by atoms with van der Waals surface area (Å²) in [4.78, 5) is 12.5. The number of thiophene rings is 1. The van der Waals surface area contributed by atoms with Crippen LogP contribution in [0.5, 0.6) is 0 Å². The van der Waals surface area contributed by atoms with E-state index in [0.717, 1.165) is 4.88 Å². The van der Waals surface area contributed by atoms with Crippen LogP contribution in [0.15, 0.2) is 16.3 Å². The Labute approximate surface area is 136 Å². The van der Waals surface area contributed by atoms with Gasteiger partial charge in [-0.15, -0.1) is 11.3 Å². The number of likely N-dealkylation sites (N-methyl/N-ethyl adjacent to an activating group) is 1. The lowest BCUT2D eigenvalue weighted by molar-refractivity contribution is -0.121. The molecular weight excluding hydrogens is 322 g/mol. The molecule has 0 aliphatic rings. The second-order valence-corrected chi connectivity index (χ2v) is 8.58. The Kier molecular flexibility index (Phi) is 8.02. The van der Waals surface area contributed by atoms with E-state index >= 15 is 0 Å². The van der Waals surface area contributed by atoms with E-state index in [4.69, 9.17) is 0 Å². The molecule has 1 aromatic heterocycles. The maximum Gasteiger partial charge on any atom is 0.250 e. The molecule has 0 atom stereocenters. The van der Waals surface area contributed by atoms with Gasteiger partial charge in [-0.25, -0.2) is 13.1 Å². The Morgan fingerprint density at radius 1 is 1.23 bits per heavy atom. The summed E-state index contributed by atoms with van der Waals surface area (Å²) in [5.41, 5.74) is 0. The van der Waals surface area contributed by atoms with Gasteiger partial charge in [-0.3, -0.25) is 4.79 Å². The van der Waals surface area contributed by atoms with Gasteiger partial charge in [0.2, 0.25) is 15.9 Å². The highest BCUT2D eigenvalue weighted by Crippen LogP contribution is 2.21. The van der Waals surface area contributed by atoms with E-state index in [1.54, 1.807) is 19.2 Å².